The maximum atomic E-state index is 13.9. The number of carbonyl (C=O) groups excluding carboxylic acids is 1. The number of nitrogens with one attached hydrogen (secondary N) is 1. The second kappa shape index (κ2) is 8.61. The lowest BCUT2D eigenvalue weighted by molar-refractivity contribution is -0.140. The van der Waals surface area contributed by atoms with Gasteiger partial charge in [0.1, 0.15) is 11.4 Å². The van der Waals surface area contributed by atoms with E-state index in [-0.39, 0.29) is 19.4 Å². The summed E-state index contributed by atoms with van der Waals surface area (Å²) in [6, 6.07) is -0.990. The van der Waals surface area contributed by atoms with Crippen LogP contribution in [0.2, 0.25) is 0 Å². The van der Waals surface area contributed by atoms with E-state index in [1.165, 1.54) is 6.92 Å². The second-order valence-electron chi connectivity index (χ2n) is 5.73. The molecule has 0 fully saturated rings. The molecule has 3 N–H and O–H groups in total. The van der Waals surface area contributed by atoms with Crippen LogP contribution >= 0.6 is 0 Å². The average Bonchev–Trinajstić information content (AvgIpc) is 2.30. The molecule has 1 amide bonds. The van der Waals surface area contributed by atoms with Crippen LogP contribution in [0, 0.1) is 5.92 Å². The lowest BCUT2D eigenvalue weighted by Gasteiger charge is -2.21. The van der Waals surface area contributed by atoms with Crippen LogP contribution in [-0.2, 0) is 9.53 Å². The van der Waals surface area contributed by atoms with Gasteiger partial charge in [-0.2, -0.15) is 0 Å². The standard InChI is InChI=1S/C14H24FNO5/c1-9(16-13(20)21-14(2,3)4)11(15)8-10(12(18)19)6-5-7-17/h8-10,17H,5-7H2,1-4H3,(H,16,20)(H,18,19)/t9-,10?/m0/s1. The fourth-order valence-corrected chi connectivity index (χ4v) is 1.48. The summed E-state index contributed by atoms with van der Waals surface area (Å²) in [4.78, 5) is 22.5. The molecule has 0 rings (SSSR count). The van der Waals surface area contributed by atoms with Crippen molar-refractivity contribution in [3.8, 4) is 0 Å². The van der Waals surface area contributed by atoms with Gasteiger partial charge in [-0.05, 0) is 46.6 Å². The smallest absolute Gasteiger partial charge is 0.408 e. The van der Waals surface area contributed by atoms with Crippen molar-refractivity contribution >= 4 is 12.1 Å². The Labute approximate surface area is 124 Å². The van der Waals surface area contributed by atoms with Gasteiger partial charge < -0.3 is 20.3 Å². The van der Waals surface area contributed by atoms with Gasteiger partial charge in [0.25, 0.3) is 0 Å². The first-order valence-corrected chi connectivity index (χ1v) is 6.77. The zero-order valence-corrected chi connectivity index (χ0v) is 12.9. The molecule has 0 spiro atoms. The minimum Gasteiger partial charge on any atom is -0.481 e. The van der Waals surface area contributed by atoms with Crippen LogP contribution < -0.4 is 5.32 Å². The molecule has 2 atom stereocenters. The summed E-state index contributed by atoms with van der Waals surface area (Å²) in [6.45, 7) is 6.27. The molecule has 0 aromatic rings. The summed E-state index contributed by atoms with van der Waals surface area (Å²) in [5.41, 5.74) is -0.700. The molecular weight excluding hydrogens is 281 g/mol. The molecule has 0 heterocycles. The molecule has 1 unspecified atom stereocenters. The predicted molar refractivity (Wildman–Crippen MR) is 75.5 cm³/mol. The largest absolute Gasteiger partial charge is 0.481 e. The average molecular weight is 305 g/mol. The molecule has 0 aliphatic heterocycles. The van der Waals surface area contributed by atoms with Crippen LogP contribution in [0.15, 0.2) is 11.9 Å². The number of carboxylic acid groups (broad SMARTS) is 1. The number of aliphatic carboxylic acids is 1. The van der Waals surface area contributed by atoms with Gasteiger partial charge in [-0.15, -0.1) is 0 Å². The van der Waals surface area contributed by atoms with Crippen molar-refractivity contribution in [2.75, 3.05) is 6.61 Å². The summed E-state index contributed by atoms with van der Waals surface area (Å²) >= 11 is 0. The minimum atomic E-state index is -1.18. The van der Waals surface area contributed by atoms with Crippen molar-refractivity contribution < 1.29 is 28.9 Å². The van der Waals surface area contributed by atoms with E-state index < -0.39 is 35.5 Å². The van der Waals surface area contributed by atoms with Crippen molar-refractivity contribution in [2.24, 2.45) is 5.92 Å². The van der Waals surface area contributed by atoms with Gasteiger partial charge >= 0.3 is 12.1 Å². The number of hydrogen-bond acceptors (Lipinski definition) is 4. The van der Waals surface area contributed by atoms with Crippen LogP contribution in [0.1, 0.15) is 40.5 Å². The summed E-state index contributed by atoms with van der Waals surface area (Å²) < 4.78 is 18.9. The molecule has 0 bridgehead atoms. The van der Waals surface area contributed by atoms with Crippen molar-refractivity contribution in [1.29, 1.82) is 0 Å². The highest BCUT2D eigenvalue weighted by Gasteiger charge is 2.21. The van der Waals surface area contributed by atoms with Crippen LogP contribution in [0.3, 0.4) is 0 Å². The third kappa shape index (κ3) is 9.01. The Morgan fingerprint density at radius 3 is 2.38 bits per heavy atom. The first-order valence-electron chi connectivity index (χ1n) is 6.77. The number of halogens is 1. The van der Waals surface area contributed by atoms with E-state index in [1.807, 2.05) is 0 Å². The lowest BCUT2D eigenvalue weighted by atomic mass is 10.0. The maximum absolute atomic E-state index is 13.9. The zero-order chi connectivity index (χ0) is 16.6. The fraction of sp³-hybridized carbons (Fsp3) is 0.714. The van der Waals surface area contributed by atoms with E-state index in [1.54, 1.807) is 20.8 Å². The number of alkyl carbamates (subject to hydrolysis) is 1. The number of aliphatic hydroxyl groups is 1. The number of carboxylic acids is 1. The van der Waals surface area contributed by atoms with Crippen LogP contribution in [-0.4, -0.2) is 40.5 Å². The van der Waals surface area contributed by atoms with E-state index >= 15 is 0 Å². The summed E-state index contributed by atoms with van der Waals surface area (Å²) in [5, 5.41) is 19.9. The Kier molecular flexibility index (Phi) is 7.94. The van der Waals surface area contributed by atoms with E-state index in [9.17, 15) is 14.0 Å². The van der Waals surface area contributed by atoms with E-state index in [2.05, 4.69) is 5.32 Å². The molecule has 0 saturated carbocycles. The SMILES string of the molecule is C[C@H](NC(=O)OC(C)(C)C)C(F)=CC(CCCO)C(=O)O. The predicted octanol–water partition coefficient (Wildman–Crippen LogP) is 2.23. The number of amides is 1. The van der Waals surface area contributed by atoms with E-state index in [0.29, 0.717) is 0 Å². The maximum Gasteiger partial charge on any atom is 0.408 e. The number of ether oxygens (including phenoxy) is 1. The number of aliphatic hydroxyl groups excluding tert-OH is 1. The highest BCUT2D eigenvalue weighted by Crippen LogP contribution is 2.15. The summed E-state index contributed by atoms with van der Waals surface area (Å²) in [6.07, 6.45) is 0.549. The molecular formula is C14H24FNO5. The van der Waals surface area contributed by atoms with Crippen molar-refractivity contribution in [2.45, 2.75) is 52.2 Å². The van der Waals surface area contributed by atoms with Gasteiger partial charge in [0.2, 0.25) is 0 Å². The lowest BCUT2D eigenvalue weighted by Crippen LogP contribution is -2.38. The Morgan fingerprint density at radius 1 is 1.38 bits per heavy atom. The van der Waals surface area contributed by atoms with Gasteiger partial charge in [-0.1, -0.05) is 0 Å². The van der Waals surface area contributed by atoms with Crippen LogP contribution in [0.25, 0.3) is 0 Å². The van der Waals surface area contributed by atoms with Gasteiger partial charge in [-0.3, -0.25) is 4.79 Å². The molecule has 6 nitrogen and oxygen atoms in total. The number of rotatable bonds is 7. The quantitative estimate of drug-likeness (QED) is 0.670. The first kappa shape index (κ1) is 19.4. The molecule has 0 aromatic heterocycles. The minimum absolute atomic E-state index is 0.123. The molecule has 0 aliphatic carbocycles. The molecule has 21 heavy (non-hydrogen) atoms. The molecule has 0 saturated heterocycles. The first-order chi connectivity index (χ1) is 9.56. The normalized spacial score (nSPS) is 15.2. The second-order valence-corrected chi connectivity index (χ2v) is 5.73. The Hall–Kier alpha value is -1.63. The van der Waals surface area contributed by atoms with E-state index in [4.69, 9.17) is 14.9 Å². The van der Waals surface area contributed by atoms with Gasteiger partial charge in [-0.25, -0.2) is 9.18 Å². The molecule has 0 aromatic carbocycles. The van der Waals surface area contributed by atoms with Crippen LogP contribution in [0.4, 0.5) is 9.18 Å². The Balaban J connectivity index is 4.65. The van der Waals surface area contributed by atoms with Crippen molar-refractivity contribution in [3.05, 3.63) is 11.9 Å². The topological polar surface area (TPSA) is 95.9 Å². The molecule has 0 radical (unpaired) electrons. The molecule has 7 heteroatoms. The molecule has 0 aliphatic rings. The van der Waals surface area contributed by atoms with Crippen LogP contribution in [0.5, 0.6) is 0 Å². The zero-order valence-electron chi connectivity index (χ0n) is 12.9. The summed E-state index contributed by atoms with van der Waals surface area (Å²) in [5.74, 6) is -2.98. The number of carbonyl (C=O) groups is 2. The van der Waals surface area contributed by atoms with Crippen molar-refractivity contribution in [3.63, 3.8) is 0 Å². The van der Waals surface area contributed by atoms with Gasteiger partial charge in [0.05, 0.1) is 12.0 Å². The highest BCUT2D eigenvalue weighted by molar-refractivity contribution is 5.72. The number of hydrogen-bond donors (Lipinski definition) is 3. The van der Waals surface area contributed by atoms with Gasteiger partial charge in [0.15, 0.2) is 0 Å². The van der Waals surface area contributed by atoms with Gasteiger partial charge in [0, 0.05) is 6.61 Å². The van der Waals surface area contributed by atoms with Crippen molar-refractivity contribution in [1.82, 2.24) is 5.32 Å². The third-order valence-electron chi connectivity index (χ3n) is 2.50. The monoisotopic (exact) mass is 305 g/mol. The molecule has 122 valence electrons. The Morgan fingerprint density at radius 2 is 1.95 bits per heavy atom. The fourth-order valence-electron chi connectivity index (χ4n) is 1.48. The van der Waals surface area contributed by atoms with E-state index in [0.717, 1.165) is 6.08 Å². The summed E-state index contributed by atoms with van der Waals surface area (Å²) in [7, 11) is 0. The highest BCUT2D eigenvalue weighted by atomic mass is 19.1. The Bertz CT molecular complexity index is 389. The third-order valence-corrected chi connectivity index (χ3v) is 2.50.